The number of rotatable bonds is 6. The molecule has 4 aliphatic rings. The molecule has 4 rings (SSSR count). The molecule has 5 nitrogen and oxygen atoms in total. The van der Waals surface area contributed by atoms with Crippen LogP contribution in [0.1, 0.15) is 86.5 Å². The zero-order valence-corrected chi connectivity index (χ0v) is 25.1. The highest BCUT2D eigenvalue weighted by molar-refractivity contribution is 5.81. The van der Waals surface area contributed by atoms with Gasteiger partial charge in [-0.25, -0.2) is 0 Å². The molecule has 5 heteroatoms. The van der Waals surface area contributed by atoms with Gasteiger partial charge in [0.05, 0.1) is 6.61 Å². The first kappa shape index (κ1) is 28.8. The summed E-state index contributed by atoms with van der Waals surface area (Å²) in [5.74, 6) is 1.16. The summed E-state index contributed by atoms with van der Waals surface area (Å²) in [6.45, 7) is 13.5. The van der Waals surface area contributed by atoms with E-state index in [1.54, 1.807) is 4.90 Å². The number of aliphatic hydroxyl groups excluding tert-OH is 2. The highest BCUT2D eigenvalue weighted by atomic mass is 16.3. The fraction of sp³-hybridized carbons (Fsp3) is 0.844. The van der Waals surface area contributed by atoms with Crippen LogP contribution in [0.25, 0.3) is 0 Å². The average Bonchev–Trinajstić information content (AvgIpc) is 3.00. The van der Waals surface area contributed by atoms with Crippen LogP contribution in [0.3, 0.4) is 0 Å². The number of amides is 1. The third kappa shape index (κ3) is 4.36. The van der Waals surface area contributed by atoms with Gasteiger partial charge in [-0.1, -0.05) is 52.3 Å². The molecule has 0 aromatic rings. The van der Waals surface area contributed by atoms with E-state index in [1.165, 1.54) is 24.0 Å². The van der Waals surface area contributed by atoms with Crippen molar-refractivity contribution in [2.45, 2.75) is 105 Å². The minimum atomic E-state index is -0.996. The predicted octanol–water partition coefficient (Wildman–Crippen LogP) is 5.28. The van der Waals surface area contributed by atoms with Crippen molar-refractivity contribution in [3.05, 3.63) is 23.3 Å². The second-order valence-electron chi connectivity index (χ2n) is 14.4. The SMILES string of the molecule is CC(C)C(O)C(=O)N(C)C1CCC2=CC3=CCC4(C)C(C(C)N(C)C)CCC4(C)C3CCC2C1(C)CO. The van der Waals surface area contributed by atoms with Crippen molar-refractivity contribution in [3.63, 3.8) is 0 Å². The van der Waals surface area contributed by atoms with Gasteiger partial charge in [-0.2, -0.15) is 0 Å². The van der Waals surface area contributed by atoms with Gasteiger partial charge < -0.3 is 20.0 Å². The largest absolute Gasteiger partial charge is 0.396 e. The molecular formula is C32H54N2O3. The Morgan fingerprint density at radius 2 is 1.68 bits per heavy atom. The normalized spacial score (nSPS) is 41.2. The summed E-state index contributed by atoms with van der Waals surface area (Å²) >= 11 is 0. The fourth-order valence-corrected chi connectivity index (χ4v) is 9.26. The first-order valence-electron chi connectivity index (χ1n) is 14.9. The first-order chi connectivity index (χ1) is 17.2. The van der Waals surface area contributed by atoms with E-state index in [4.69, 9.17) is 0 Å². The molecule has 0 radical (unpaired) electrons. The van der Waals surface area contributed by atoms with Gasteiger partial charge in [-0.05, 0) is 106 Å². The minimum absolute atomic E-state index is 0.0518. The lowest BCUT2D eigenvalue weighted by molar-refractivity contribution is -0.149. The van der Waals surface area contributed by atoms with E-state index in [1.807, 2.05) is 20.9 Å². The summed E-state index contributed by atoms with van der Waals surface area (Å²) in [5, 5.41) is 21.3. The zero-order chi connectivity index (χ0) is 27.5. The van der Waals surface area contributed by atoms with Crippen molar-refractivity contribution in [1.82, 2.24) is 9.80 Å². The van der Waals surface area contributed by atoms with Gasteiger partial charge in [0.2, 0.25) is 0 Å². The maximum atomic E-state index is 13.1. The molecule has 1 amide bonds. The van der Waals surface area contributed by atoms with Crippen LogP contribution in [0, 0.1) is 39.9 Å². The molecule has 0 aliphatic heterocycles. The Kier molecular flexibility index (Phi) is 7.87. The summed E-state index contributed by atoms with van der Waals surface area (Å²) < 4.78 is 0. The van der Waals surface area contributed by atoms with E-state index >= 15 is 0 Å². The number of fused-ring (bicyclic) bond motifs is 4. The topological polar surface area (TPSA) is 64.0 Å². The van der Waals surface area contributed by atoms with Gasteiger partial charge in [-0.15, -0.1) is 0 Å². The molecule has 0 aromatic heterocycles. The monoisotopic (exact) mass is 514 g/mol. The van der Waals surface area contributed by atoms with E-state index in [9.17, 15) is 15.0 Å². The predicted molar refractivity (Wildman–Crippen MR) is 151 cm³/mol. The van der Waals surface area contributed by atoms with E-state index in [-0.39, 0.29) is 35.8 Å². The quantitative estimate of drug-likeness (QED) is 0.506. The van der Waals surface area contributed by atoms with Crippen molar-refractivity contribution in [3.8, 4) is 0 Å². The molecule has 9 unspecified atom stereocenters. The van der Waals surface area contributed by atoms with E-state index in [0.717, 1.165) is 32.1 Å². The van der Waals surface area contributed by atoms with Crippen LogP contribution in [0.4, 0.5) is 0 Å². The van der Waals surface area contributed by atoms with Crippen LogP contribution < -0.4 is 0 Å². The van der Waals surface area contributed by atoms with Gasteiger partial charge in [0.15, 0.2) is 0 Å². The molecule has 2 saturated carbocycles. The molecule has 4 aliphatic carbocycles. The number of hydrogen-bond donors (Lipinski definition) is 2. The number of nitrogens with zero attached hydrogens (tertiary/aromatic N) is 2. The smallest absolute Gasteiger partial charge is 0.251 e. The van der Waals surface area contributed by atoms with Crippen LogP contribution in [0.5, 0.6) is 0 Å². The van der Waals surface area contributed by atoms with Gasteiger partial charge in [-0.3, -0.25) is 4.79 Å². The third-order valence-corrected chi connectivity index (χ3v) is 12.3. The van der Waals surface area contributed by atoms with E-state index < -0.39 is 11.5 Å². The number of allylic oxidation sites excluding steroid dienone is 4. The van der Waals surface area contributed by atoms with Crippen LogP contribution in [0.2, 0.25) is 0 Å². The summed E-state index contributed by atoms with van der Waals surface area (Å²) in [5.41, 5.74) is 3.16. The maximum Gasteiger partial charge on any atom is 0.251 e. The van der Waals surface area contributed by atoms with Crippen LogP contribution >= 0.6 is 0 Å². The van der Waals surface area contributed by atoms with Crippen molar-refractivity contribution in [1.29, 1.82) is 0 Å². The maximum absolute atomic E-state index is 13.1. The summed E-state index contributed by atoms with van der Waals surface area (Å²) in [6.07, 6.45) is 11.8. The molecular weight excluding hydrogens is 460 g/mol. The second kappa shape index (κ2) is 10.1. The van der Waals surface area contributed by atoms with E-state index in [0.29, 0.717) is 23.3 Å². The summed E-state index contributed by atoms with van der Waals surface area (Å²) in [6, 6.07) is 0.494. The molecule has 2 fully saturated rings. The Bertz CT molecular complexity index is 940. The third-order valence-electron chi connectivity index (χ3n) is 12.3. The molecule has 9 atom stereocenters. The molecule has 0 aromatic carbocycles. The van der Waals surface area contributed by atoms with Gasteiger partial charge in [0.1, 0.15) is 6.10 Å². The Labute approximate surface area is 226 Å². The van der Waals surface area contributed by atoms with Crippen LogP contribution in [-0.2, 0) is 4.79 Å². The number of likely N-dealkylation sites (N-methyl/N-ethyl adjacent to an activating group) is 1. The number of carbonyl (C=O) groups is 1. The summed E-state index contributed by atoms with van der Waals surface area (Å²) in [7, 11) is 6.28. The Morgan fingerprint density at radius 1 is 1.03 bits per heavy atom. The van der Waals surface area contributed by atoms with Gasteiger partial charge in [0.25, 0.3) is 5.91 Å². The lowest BCUT2D eigenvalue weighted by Crippen LogP contribution is -2.57. The van der Waals surface area contributed by atoms with Crippen molar-refractivity contribution >= 4 is 5.91 Å². The Balaban J connectivity index is 1.64. The Hall–Kier alpha value is -1.17. The molecule has 37 heavy (non-hydrogen) atoms. The van der Waals surface area contributed by atoms with Crippen molar-refractivity contribution in [2.75, 3.05) is 27.7 Å². The van der Waals surface area contributed by atoms with Crippen LogP contribution in [-0.4, -0.2) is 71.9 Å². The molecule has 0 saturated heterocycles. The second-order valence-corrected chi connectivity index (χ2v) is 14.4. The van der Waals surface area contributed by atoms with Crippen molar-refractivity contribution in [2.24, 2.45) is 39.9 Å². The molecule has 210 valence electrons. The molecule has 0 bridgehead atoms. The first-order valence-corrected chi connectivity index (χ1v) is 14.9. The molecule has 2 N–H and O–H groups in total. The minimum Gasteiger partial charge on any atom is -0.396 e. The molecule has 0 heterocycles. The van der Waals surface area contributed by atoms with Gasteiger partial charge in [0, 0.05) is 24.5 Å². The van der Waals surface area contributed by atoms with Crippen LogP contribution in [0.15, 0.2) is 23.3 Å². The van der Waals surface area contributed by atoms with E-state index in [2.05, 4.69) is 58.8 Å². The Morgan fingerprint density at radius 3 is 2.27 bits per heavy atom. The lowest BCUT2D eigenvalue weighted by atomic mass is 9.51. The standard InChI is InChI=1S/C32H54N2O3/c1-20(2)28(36)29(37)34(9)27-13-10-22-18-23-14-16-31(5)24(21(3)33(7)8)15-17-32(31,6)26(23)12-11-25(22)30(27,4)19-35/h14,18,20-21,24-28,35-36H,10-13,15-17,19H2,1-9H3. The number of aliphatic hydroxyl groups is 2. The zero-order valence-electron chi connectivity index (χ0n) is 25.1. The van der Waals surface area contributed by atoms with Gasteiger partial charge >= 0.3 is 0 Å². The highest BCUT2D eigenvalue weighted by Crippen LogP contribution is 2.68. The van der Waals surface area contributed by atoms with Crippen molar-refractivity contribution < 1.29 is 15.0 Å². The average molecular weight is 515 g/mol. The highest BCUT2D eigenvalue weighted by Gasteiger charge is 2.61. The number of carbonyl (C=O) groups excluding carboxylic acids is 1. The molecule has 0 spiro atoms. The fourth-order valence-electron chi connectivity index (χ4n) is 9.26. The lowest BCUT2D eigenvalue weighted by Gasteiger charge is -2.54. The number of hydrogen-bond acceptors (Lipinski definition) is 4. The summed E-state index contributed by atoms with van der Waals surface area (Å²) in [4.78, 5) is 17.3.